The van der Waals surface area contributed by atoms with Gasteiger partial charge in [0.25, 0.3) is 0 Å². The molecule has 0 aliphatic heterocycles. The van der Waals surface area contributed by atoms with Crippen LogP contribution in [0.25, 0.3) is 0 Å². The van der Waals surface area contributed by atoms with Crippen LogP contribution in [0.2, 0.25) is 0 Å². The molecular weight excluding hydrogens is 210 g/mol. The topological polar surface area (TPSA) is 64.6 Å². The van der Waals surface area contributed by atoms with Crippen molar-refractivity contribution in [3.63, 3.8) is 0 Å². The van der Waals surface area contributed by atoms with Crippen LogP contribution < -0.4 is 5.32 Å². The molecule has 1 unspecified atom stereocenters. The third kappa shape index (κ3) is 4.18. The highest BCUT2D eigenvalue weighted by atomic mass is 16.5. The van der Waals surface area contributed by atoms with E-state index in [-0.39, 0.29) is 5.78 Å². The van der Waals surface area contributed by atoms with Crippen LogP contribution in [0.1, 0.15) is 27.7 Å². The third-order valence-corrected chi connectivity index (χ3v) is 2.32. The van der Waals surface area contributed by atoms with Crippen LogP contribution in [0.5, 0.6) is 0 Å². The molecule has 0 aliphatic rings. The lowest BCUT2D eigenvalue weighted by Gasteiger charge is -2.28. The summed E-state index contributed by atoms with van der Waals surface area (Å²) in [6.45, 7) is 7.11. The Kier molecular flexibility index (Phi) is 5.44. The molecule has 94 valence electrons. The molecule has 0 aliphatic carbocycles. The average molecular weight is 231 g/mol. The van der Waals surface area contributed by atoms with Gasteiger partial charge in [-0.2, -0.15) is 0 Å². The number of rotatable bonds is 4. The Bertz CT molecular complexity index is 257. The Balaban J connectivity index is 4.81. The van der Waals surface area contributed by atoms with Crippen molar-refractivity contribution in [1.82, 2.24) is 5.32 Å². The van der Waals surface area contributed by atoms with Gasteiger partial charge in [-0.25, -0.2) is 4.79 Å². The van der Waals surface area contributed by atoms with Gasteiger partial charge in [-0.3, -0.25) is 4.79 Å². The molecule has 0 aromatic heterocycles. The lowest BCUT2D eigenvalue weighted by atomic mass is 9.85. The number of hydrogen-bond acceptors (Lipinski definition) is 4. The van der Waals surface area contributed by atoms with Crippen molar-refractivity contribution in [3.8, 4) is 0 Å². The summed E-state index contributed by atoms with van der Waals surface area (Å²) in [5.74, 6) is -0.0905. The van der Waals surface area contributed by atoms with Crippen LogP contribution >= 0.6 is 0 Å². The predicted molar refractivity (Wildman–Crippen MR) is 60.3 cm³/mol. The zero-order chi connectivity index (χ0) is 12.9. The number of hydrogen-bond donors (Lipinski definition) is 1. The maximum Gasteiger partial charge on any atom is 0.407 e. The number of ether oxygens (including phenoxy) is 2. The highest BCUT2D eigenvalue weighted by molar-refractivity contribution is 5.91. The Labute approximate surface area is 96.5 Å². The van der Waals surface area contributed by atoms with Crippen molar-refractivity contribution in [3.05, 3.63) is 0 Å². The van der Waals surface area contributed by atoms with E-state index in [1.54, 1.807) is 27.7 Å². The number of nitrogens with one attached hydrogen (secondary N) is 1. The van der Waals surface area contributed by atoms with E-state index in [4.69, 9.17) is 4.74 Å². The minimum atomic E-state index is -0.697. The zero-order valence-electron chi connectivity index (χ0n) is 10.8. The molecule has 2 atom stereocenters. The van der Waals surface area contributed by atoms with Crippen LogP contribution in [-0.2, 0) is 14.3 Å². The molecular formula is C11H21NO4. The molecule has 5 nitrogen and oxygen atoms in total. The van der Waals surface area contributed by atoms with Crippen LogP contribution in [-0.4, -0.2) is 38.2 Å². The molecule has 0 saturated heterocycles. The number of carbonyl (C=O) groups excluding carboxylic acids is 2. The van der Waals surface area contributed by atoms with Crippen molar-refractivity contribution in [1.29, 1.82) is 0 Å². The summed E-state index contributed by atoms with van der Waals surface area (Å²) in [4.78, 5) is 23.2. The number of carbonyl (C=O) groups is 2. The Morgan fingerprint density at radius 1 is 1.19 bits per heavy atom. The quantitative estimate of drug-likeness (QED) is 0.793. The van der Waals surface area contributed by atoms with E-state index < -0.39 is 23.7 Å². The van der Waals surface area contributed by atoms with Crippen LogP contribution in [0.3, 0.4) is 0 Å². The van der Waals surface area contributed by atoms with E-state index in [1.165, 1.54) is 14.2 Å². The summed E-state index contributed by atoms with van der Waals surface area (Å²) in [7, 11) is 2.75. The van der Waals surface area contributed by atoms with Crippen molar-refractivity contribution < 1.29 is 19.1 Å². The Hall–Kier alpha value is -1.10. The standard InChI is InChI=1S/C11H21NO4/c1-7(15-5)8(12-10(14)16-6)9(13)11(2,3)4/h7-8H,1-6H3,(H,12,14)/t7?,8-/m0/s1. The highest BCUT2D eigenvalue weighted by Gasteiger charge is 2.34. The predicted octanol–water partition coefficient (Wildman–Crippen LogP) is 1.36. The molecule has 0 aromatic carbocycles. The fraction of sp³-hybridized carbons (Fsp3) is 0.818. The summed E-state index contributed by atoms with van der Waals surface area (Å²) in [5.41, 5.74) is -0.543. The van der Waals surface area contributed by atoms with Gasteiger partial charge in [0.2, 0.25) is 0 Å². The third-order valence-electron chi connectivity index (χ3n) is 2.32. The van der Waals surface area contributed by atoms with Gasteiger partial charge >= 0.3 is 6.09 Å². The second-order valence-corrected chi connectivity index (χ2v) is 4.67. The minimum absolute atomic E-state index is 0.0905. The number of alkyl carbamates (subject to hydrolysis) is 1. The van der Waals surface area contributed by atoms with Crippen molar-refractivity contribution in [2.45, 2.75) is 39.8 Å². The first kappa shape index (κ1) is 14.9. The number of methoxy groups -OCH3 is 2. The van der Waals surface area contributed by atoms with Crippen molar-refractivity contribution >= 4 is 11.9 Å². The molecule has 1 amide bonds. The van der Waals surface area contributed by atoms with E-state index in [0.717, 1.165) is 0 Å². The van der Waals surface area contributed by atoms with E-state index in [0.29, 0.717) is 0 Å². The lowest BCUT2D eigenvalue weighted by Crippen LogP contribution is -2.52. The molecule has 5 heteroatoms. The molecule has 0 heterocycles. The largest absolute Gasteiger partial charge is 0.453 e. The first-order valence-electron chi connectivity index (χ1n) is 5.15. The second-order valence-electron chi connectivity index (χ2n) is 4.67. The van der Waals surface area contributed by atoms with Gasteiger partial charge in [0.05, 0.1) is 13.2 Å². The summed E-state index contributed by atoms with van der Waals surface area (Å²) in [6, 6.07) is -0.697. The summed E-state index contributed by atoms with van der Waals surface area (Å²) in [6.07, 6.45) is -1.03. The van der Waals surface area contributed by atoms with Crippen molar-refractivity contribution in [2.24, 2.45) is 5.41 Å². The summed E-state index contributed by atoms with van der Waals surface area (Å²) < 4.78 is 9.56. The first-order valence-corrected chi connectivity index (χ1v) is 5.15. The molecule has 0 fully saturated rings. The summed E-state index contributed by atoms with van der Waals surface area (Å²) >= 11 is 0. The normalized spacial score (nSPS) is 15.1. The Morgan fingerprint density at radius 3 is 2.00 bits per heavy atom. The number of ketones is 1. The van der Waals surface area contributed by atoms with Gasteiger partial charge in [-0.05, 0) is 6.92 Å². The summed E-state index contributed by atoms with van der Waals surface area (Å²) in [5, 5.41) is 2.49. The van der Waals surface area contributed by atoms with Gasteiger partial charge in [0.15, 0.2) is 5.78 Å². The van der Waals surface area contributed by atoms with Gasteiger partial charge < -0.3 is 14.8 Å². The van der Waals surface area contributed by atoms with E-state index >= 15 is 0 Å². The molecule has 0 spiro atoms. The number of Topliss-reactive ketones (excluding diaryl/α,β-unsaturated/α-hetero) is 1. The maximum atomic E-state index is 12.1. The molecule has 0 radical (unpaired) electrons. The van der Waals surface area contributed by atoms with Crippen molar-refractivity contribution in [2.75, 3.05) is 14.2 Å². The monoisotopic (exact) mass is 231 g/mol. The zero-order valence-corrected chi connectivity index (χ0v) is 10.8. The fourth-order valence-corrected chi connectivity index (χ4v) is 1.18. The smallest absolute Gasteiger partial charge is 0.407 e. The van der Waals surface area contributed by atoms with Crippen LogP contribution in [0, 0.1) is 5.41 Å². The second kappa shape index (κ2) is 5.84. The molecule has 0 aromatic rings. The van der Waals surface area contributed by atoms with E-state index in [2.05, 4.69) is 10.1 Å². The first-order chi connectivity index (χ1) is 7.23. The molecule has 16 heavy (non-hydrogen) atoms. The fourth-order valence-electron chi connectivity index (χ4n) is 1.18. The SMILES string of the molecule is COC(=O)N[C@H](C(=O)C(C)(C)C)C(C)OC. The lowest BCUT2D eigenvalue weighted by molar-refractivity contribution is -0.131. The van der Waals surface area contributed by atoms with Crippen LogP contribution in [0.4, 0.5) is 4.79 Å². The van der Waals surface area contributed by atoms with E-state index in [9.17, 15) is 9.59 Å². The molecule has 0 rings (SSSR count). The van der Waals surface area contributed by atoms with Gasteiger partial charge in [-0.1, -0.05) is 20.8 Å². The van der Waals surface area contributed by atoms with Crippen LogP contribution in [0.15, 0.2) is 0 Å². The average Bonchev–Trinajstić information content (AvgIpc) is 2.22. The molecule has 0 bridgehead atoms. The van der Waals surface area contributed by atoms with Gasteiger partial charge in [0, 0.05) is 12.5 Å². The molecule has 1 N–H and O–H groups in total. The number of amides is 1. The van der Waals surface area contributed by atoms with Gasteiger partial charge in [0.1, 0.15) is 6.04 Å². The molecule has 0 saturated carbocycles. The highest BCUT2D eigenvalue weighted by Crippen LogP contribution is 2.19. The van der Waals surface area contributed by atoms with Gasteiger partial charge in [-0.15, -0.1) is 0 Å². The minimum Gasteiger partial charge on any atom is -0.453 e. The van der Waals surface area contributed by atoms with E-state index in [1.807, 2.05) is 0 Å². The maximum absolute atomic E-state index is 12.1. The Morgan fingerprint density at radius 2 is 1.69 bits per heavy atom.